The van der Waals surface area contributed by atoms with Crippen molar-refractivity contribution in [3.63, 3.8) is 0 Å². The number of halogens is 1. The van der Waals surface area contributed by atoms with Crippen molar-refractivity contribution in [3.8, 4) is 0 Å². The second-order valence-corrected chi connectivity index (χ2v) is 9.05. The lowest BCUT2D eigenvalue weighted by atomic mass is 10.1. The van der Waals surface area contributed by atoms with Crippen molar-refractivity contribution in [3.05, 3.63) is 59.9 Å². The van der Waals surface area contributed by atoms with Crippen LogP contribution in [0.15, 0.2) is 53.8 Å². The fraction of sp³-hybridized carbons (Fsp3) is 0.476. The summed E-state index contributed by atoms with van der Waals surface area (Å²) < 4.78 is 34.5. The van der Waals surface area contributed by atoms with Crippen molar-refractivity contribution in [2.24, 2.45) is 4.99 Å². The van der Waals surface area contributed by atoms with Gasteiger partial charge in [0, 0.05) is 45.1 Å². The molecule has 0 atom stereocenters. The van der Waals surface area contributed by atoms with Gasteiger partial charge in [-0.1, -0.05) is 24.3 Å². The zero-order chi connectivity index (χ0) is 21.2. The highest BCUT2D eigenvalue weighted by atomic mass is 127. The molecule has 1 aliphatic rings. The van der Waals surface area contributed by atoms with Crippen molar-refractivity contribution in [1.29, 1.82) is 0 Å². The zero-order valence-corrected chi connectivity index (χ0v) is 21.0. The summed E-state index contributed by atoms with van der Waals surface area (Å²) in [4.78, 5) is 4.66. The number of guanidine groups is 1. The summed E-state index contributed by atoms with van der Waals surface area (Å²) in [7, 11) is -3.38. The van der Waals surface area contributed by atoms with Gasteiger partial charge in [-0.25, -0.2) is 13.4 Å². The molecule has 1 aromatic carbocycles. The first-order valence-electron chi connectivity index (χ1n) is 10.3. The average molecular weight is 561 g/mol. The fourth-order valence-corrected chi connectivity index (χ4v) is 4.86. The Hall–Kier alpha value is -1.63. The first-order valence-corrected chi connectivity index (χ1v) is 11.9. The van der Waals surface area contributed by atoms with Crippen LogP contribution < -0.4 is 10.6 Å². The van der Waals surface area contributed by atoms with Crippen LogP contribution in [0.4, 0.5) is 0 Å². The number of nitrogens with zero attached hydrogens (tertiary/aromatic N) is 3. The van der Waals surface area contributed by atoms with Gasteiger partial charge in [-0.3, -0.25) is 0 Å². The number of nitrogens with one attached hydrogen (secondary N) is 2. The van der Waals surface area contributed by atoms with Gasteiger partial charge in [0.25, 0.3) is 0 Å². The van der Waals surface area contributed by atoms with Crippen molar-refractivity contribution in [2.75, 3.05) is 39.4 Å². The van der Waals surface area contributed by atoms with Crippen LogP contribution in [0.1, 0.15) is 18.1 Å². The highest BCUT2D eigenvalue weighted by molar-refractivity contribution is 14.0. The molecule has 0 unspecified atom stereocenters. The van der Waals surface area contributed by atoms with Crippen LogP contribution in [0.25, 0.3) is 0 Å². The predicted octanol–water partition coefficient (Wildman–Crippen LogP) is 2.02. The third kappa shape index (κ3) is 8.09. The molecular formula is C21H32IN5O3S. The molecule has 172 valence electrons. The number of aromatic nitrogens is 1. The Morgan fingerprint density at radius 2 is 1.74 bits per heavy atom. The molecule has 3 rings (SSSR count). The standard InChI is InChI=1S/C21H31N5O3S.HI/c1-2-22-21(23-9-12-25-10-5-6-11-25)24-17-19-7-3-4-8-20(19)18-30(27,28)26-13-15-29-16-14-26;/h3-8,10-11H,2,9,12-18H2,1H3,(H2,22,23,24);1H. The molecule has 0 radical (unpaired) electrons. The monoisotopic (exact) mass is 561 g/mol. The third-order valence-electron chi connectivity index (χ3n) is 4.90. The van der Waals surface area contributed by atoms with Gasteiger partial charge < -0.3 is 19.9 Å². The van der Waals surface area contributed by atoms with Crippen molar-refractivity contribution >= 4 is 40.0 Å². The highest BCUT2D eigenvalue weighted by Gasteiger charge is 2.25. The maximum atomic E-state index is 12.8. The molecule has 2 N–H and O–H groups in total. The van der Waals surface area contributed by atoms with Gasteiger partial charge in [-0.15, -0.1) is 24.0 Å². The number of ether oxygens (including phenoxy) is 1. The van der Waals surface area contributed by atoms with E-state index in [1.807, 2.05) is 55.7 Å². The Morgan fingerprint density at radius 3 is 2.42 bits per heavy atom. The Labute approximate surface area is 202 Å². The number of hydrogen-bond donors (Lipinski definition) is 2. The van der Waals surface area contributed by atoms with Crippen LogP contribution >= 0.6 is 24.0 Å². The van der Waals surface area contributed by atoms with Crippen molar-refractivity contribution in [1.82, 2.24) is 19.5 Å². The quantitative estimate of drug-likeness (QED) is 0.278. The topological polar surface area (TPSA) is 88.0 Å². The van der Waals surface area contributed by atoms with E-state index in [0.717, 1.165) is 36.7 Å². The van der Waals surface area contributed by atoms with Gasteiger partial charge >= 0.3 is 0 Å². The number of rotatable bonds is 9. The van der Waals surface area contributed by atoms with E-state index in [-0.39, 0.29) is 29.7 Å². The second-order valence-electron chi connectivity index (χ2n) is 7.08. The van der Waals surface area contributed by atoms with E-state index >= 15 is 0 Å². The Balaban J connectivity index is 0.00000341. The smallest absolute Gasteiger partial charge is 0.218 e. The predicted molar refractivity (Wildman–Crippen MR) is 134 cm³/mol. The molecule has 10 heteroatoms. The van der Waals surface area contributed by atoms with Gasteiger partial charge in [0.1, 0.15) is 0 Å². The number of morpholine rings is 1. The lowest BCUT2D eigenvalue weighted by Crippen LogP contribution is -2.41. The summed E-state index contributed by atoms with van der Waals surface area (Å²) in [6, 6.07) is 11.6. The molecule has 0 spiro atoms. The van der Waals surface area contributed by atoms with Crippen LogP contribution in [0, 0.1) is 0 Å². The van der Waals surface area contributed by atoms with E-state index in [9.17, 15) is 8.42 Å². The number of hydrogen-bond acceptors (Lipinski definition) is 4. The first kappa shape index (κ1) is 25.6. The summed E-state index contributed by atoms with van der Waals surface area (Å²) in [5.41, 5.74) is 1.70. The van der Waals surface area contributed by atoms with E-state index < -0.39 is 10.0 Å². The fourth-order valence-electron chi connectivity index (χ4n) is 3.29. The molecule has 2 heterocycles. The SMILES string of the molecule is CCNC(=NCc1ccccc1CS(=O)(=O)N1CCOCC1)NCCn1cccc1.I. The molecule has 8 nitrogen and oxygen atoms in total. The molecule has 31 heavy (non-hydrogen) atoms. The molecule has 0 bridgehead atoms. The number of aliphatic imine (C=N–C) groups is 1. The average Bonchev–Trinajstić information content (AvgIpc) is 3.27. The minimum Gasteiger partial charge on any atom is -0.379 e. The minimum absolute atomic E-state index is 0. The lowest BCUT2D eigenvalue weighted by molar-refractivity contribution is 0.0729. The Bertz CT molecular complexity index is 913. The summed E-state index contributed by atoms with van der Waals surface area (Å²) in [5.74, 6) is 0.700. The lowest BCUT2D eigenvalue weighted by Gasteiger charge is -2.26. The van der Waals surface area contributed by atoms with Crippen LogP contribution in [0.2, 0.25) is 0 Å². The molecule has 1 fully saturated rings. The van der Waals surface area contributed by atoms with E-state index in [4.69, 9.17) is 4.74 Å². The van der Waals surface area contributed by atoms with E-state index in [1.165, 1.54) is 4.31 Å². The molecule has 1 saturated heterocycles. The molecular weight excluding hydrogens is 529 g/mol. The molecule has 2 aromatic rings. The van der Waals surface area contributed by atoms with Crippen LogP contribution in [0.3, 0.4) is 0 Å². The van der Waals surface area contributed by atoms with Crippen LogP contribution in [-0.2, 0) is 33.6 Å². The van der Waals surface area contributed by atoms with Gasteiger partial charge in [0.05, 0.1) is 25.5 Å². The molecule has 1 aromatic heterocycles. The molecule has 1 aliphatic heterocycles. The second kappa shape index (κ2) is 13.0. The van der Waals surface area contributed by atoms with Crippen molar-refractivity contribution < 1.29 is 13.2 Å². The zero-order valence-electron chi connectivity index (χ0n) is 17.9. The molecule has 0 amide bonds. The number of benzene rings is 1. The van der Waals surface area contributed by atoms with Gasteiger partial charge in [0.15, 0.2) is 5.96 Å². The normalized spacial score (nSPS) is 15.3. The summed E-state index contributed by atoms with van der Waals surface area (Å²) in [6.07, 6.45) is 4.05. The van der Waals surface area contributed by atoms with E-state index in [0.29, 0.717) is 32.8 Å². The molecule has 0 saturated carbocycles. The largest absolute Gasteiger partial charge is 0.379 e. The maximum Gasteiger partial charge on any atom is 0.218 e. The maximum absolute atomic E-state index is 12.8. The van der Waals surface area contributed by atoms with Crippen LogP contribution in [-0.4, -0.2) is 62.6 Å². The first-order chi connectivity index (χ1) is 14.6. The summed E-state index contributed by atoms with van der Waals surface area (Å²) >= 11 is 0. The summed E-state index contributed by atoms with van der Waals surface area (Å²) in [6.45, 7) is 6.50. The van der Waals surface area contributed by atoms with Gasteiger partial charge in [0.2, 0.25) is 10.0 Å². The summed E-state index contributed by atoms with van der Waals surface area (Å²) in [5, 5.41) is 6.57. The highest BCUT2D eigenvalue weighted by Crippen LogP contribution is 2.17. The van der Waals surface area contributed by atoms with Gasteiger partial charge in [-0.05, 0) is 30.2 Å². The Morgan fingerprint density at radius 1 is 1.06 bits per heavy atom. The van der Waals surface area contributed by atoms with E-state index in [2.05, 4.69) is 20.2 Å². The van der Waals surface area contributed by atoms with Crippen LogP contribution in [0.5, 0.6) is 0 Å². The van der Waals surface area contributed by atoms with Gasteiger partial charge in [-0.2, -0.15) is 4.31 Å². The number of sulfonamides is 1. The molecule has 0 aliphatic carbocycles. The minimum atomic E-state index is -3.38. The Kier molecular flexibility index (Phi) is 10.8. The third-order valence-corrected chi connectivity index (χ3v) is 6.73. The van der Waals surface area contributed by atoms with E-state index in [1.54, 1.807) is 0 Å². The van der Waals surface area contributed by atoms with Crippen molar-refractivity contribution in [2.45, 2.75) is 25.8 Å².